The molecule has 10 aromatic rings. The van der Waals surface area contributed by atoms with Gasteiger partial charge in [-0.05, 0) is 76.3 Å². The predicted octanol–water partition coefficient (Wildman–Crippen LogP) is 10.1. The van der Waals surface area contributed by atoms with E-state index in [0.717, 1.165) is 72.4 Å². The van der Waals surface area contributed by atoms with Gasteiger partial charge >= 0.3 is 0 Å². The lowest BCUT2D eigenvalue weighted by atomic mass is 10.0. The monoisotopic (exact) mass is 832 g/mol. The van der Waals surface area contributed by atoms with E-state index in [1.54, 1.807) is 37.1 Å². The molecule has 4 N–H and O–H groups in total. The van der Waals surface area contributed by atoms with Crippen molar-refractivity contribution >= 4 is 33.4 Å². The number of hydrogen-bond acceptors (Lipinski definition) is 12. The van der Waals surface area contributed by atoms with Gasteiger partial charge in [-0.3, -0.25) is 19.9 Å². The van der Waals surface area contributed by atoms with E-state index in [9.17, 15) is 5.26 Å². The van der Waals surface area contributed by atoms with E-state index >= 15 is 0 Å². The summed E-state index contributed by atoms with van der Waals surface area (Å²) in [6.07, 6.45) is 10.3. The summed E-state index contributed by atoms with van der Waals surface area (Å²) >= 11 is 0. The smallest absolute Gasteiger partial charge is 0.163 e. The first-order valence-corrected chi connectivity index (χ1v) is 20.6. The van der Waals surface area contributed by atoms with Crippen LogP contribution in [0.25, 0.3) is 66.8 Å². The summed E-state index contributed by atoms with van der Waals surface area (Å²) in [5.74, 6) is 2.58. The van der Waals surface area contributed by atoms with Gasteiger partial charge in [-0.25, -0.2) is 19.9 Å². The fourth-order valence-electron chi connectivity index (χ4n) is 7.30. The molecule has 0 saturated carbocycles. The summed E-state index contributed by atoms with van der Waals surface area (Å²) in [6.45, 7) is 1.49. The highest BCUT2D eigenvalue weighted by atomic mass is 15.1. The molecule has 12 nitrogen and oxygen atoms in total. The second kappa shape index (κ2) is 19.3. The van der Waals surface area contributed by atoms with Gasteiger partial charge in [0.25, 0.3) is 0 Å². The van der Waals surface area contributed by atoms with E-state index in [2.05, 4.69) is 73.0 Å². The number of anilines is 2. The van der Waals surface area contributed by atoms with Crippen molar-refractivity contribution in [1.29, 1.82) is 5.26 Å². The van der Waals surface area contributed by atoms with Crippen molar-refractivity contribution in [2.45, 2.75) is 19.6 Å². The summed E-state index contributed by atoms with van der Waals surface area (Å²) in [5.41, 5.74) is 16.6. The van der Waals surface area contributed by atoms with Gasteiger partial charge in [-0.15, -0.1) is 0 Å². The normalized spacial score (nSPS) is 10.8. The molecular weight excluding hydrogens is 793 g/mol. The zero-order valence-corrected chi connectivity index (χ0v) is 34.5. The van der Waals surface area contributed by atoms with Gasteiger partial charge in [-0.2, -0.15) is 5.26 Å². The summed E-state index contributed by atoms with van der Waals surface area (Å²) in [5, 5.41) is 18.1. The van der Waals surface area contributed by atoms with E-state index in [4.69, 9.17) is 25.7 Å². The van der Waals surface area contributed by atoms with Crippen molar-refractivity contribution in [2.75, 3.05) is 10.6 Å². The molecule has 0 saturated heterocycles. The van der Waals surface area contributed by atoms with Crippen LogP contribution in [-0.2, 0) is 19.6 Å². The molecule has 0 fully saturated rings. The molecule has 0 atom stereocenters. The second-order valence-electron chi connectivity index (χ2n) is 14.6. The van der Waals surface area contributed by atoms with Crippen LogP contribution in [0.5, 0.6) is 0 Å². The van der Waals surface area contributed by atoms with Gasteiger partial charge in [0, 0.05) is 54.9 Å². The second-order valence-corrected chi connectivity index (χ2v) is 14.6. The van der Waals surface area contributed by atoms with Crippen LogP contribution >= 0.6 is 0 Å². The Morgan fingerprint density at radius 1 is 0.484 bits per heavy atom. The molecule has 6 aromatic heterocycles. The average molecular weight is 833 g/mol. The van der Waals surface area contributed by atoms with Crippen LogP contribution < -0.4 is 16.4 Å². The molecule has 0 radical (unpaired) electrons. The van der Waals surface area contributed by atoms with Crippen LogP contribution in [0.2, 0.25) is 0 Å². The van der Waals surface area contributed by atoms with Crippen LogP contribution in [0.1, 0.15) is 22.5 Å². The number of nitrogens with two attached hydrogens (primary N) is 1. The first-order valence-electron chi connectivity index (χ1n) is 20.6. The minimum Gasteiger partial charge on any atom is -0.364 e. The number of hydrogen-bond donors (Lipinski definition) is 3. The molecular formula is C52H40N12. The van der Waals surface area contributed by atoms with Crippen LogP contribution in [0, 0.1) is 11.3 Å². The molecule has 6 heterocycles. The van der Waals surface area contributed by atoms with E-state index in [1.165, 1.54) is 6.20 Å². The lowest BCUT2D eigenvalue weighted by Gasteiger charge is -2.14. The third-order valence-corrected chi connectivity index (χ3v) is 10.4. The summed E-state index contributed by atoms with van der Waals surface area (Å²) in [7, 11) is 0. The fourth-order valence-corrected chi connectivity index (χ4v) is 7.30. The number of nitrogens with zero attached hydrogens (tertiary/aromatic N) is 9. The number of benzene rings is 4. The van der Waals surface area contributed by atoms with Crippen LogP contribution in [-0.4, -0.2) is 39.9 Å². The number of nitrogens with one attached hydrogen (secondary N) is 2. The Balaban J connectivity index is 0.000000162. The van der Waals surface area contributed by atoms with Crippen molar-refractivity contribution in [3.05, 3.63) is 205 Å². The molecule has 0 aliphatic rings. The molecule has 0 aliphatic carbocycles. The van der Waals surface area contributed by atoms with E-state index in [0.29, 0.717) is 48.2 Å². The Morgan fingerprint density at radius 2 is 0.984 bits per heavy atom. The van der Waals surface area contributed by atoms with Crippen LogP contribution in [0.15, 0.2) is 183 Å². The number of aromatic nitrogens is 8. The van der Waals surface area contributed by atoms with Gasteiger partial charge < -0.3 is 16.4 Å². The molecule has 308 valence electrons. The van der Waals surface area contributed by atoms with Gasteiger partial charge in [0.1, 0.15) is 17.7 Å². The Bertz CT molecular complexity index is 3220. The molecule has 0 amide bonds. The van der Waals surface area contributed by atoms with E-state index in [1.807, 2.05) is 103 Å². The topological polar surface area (TPSA) is 177 Å². The lowest BCUT2D eigenvalue weighted by Crippen LogP contribution is -2.06. The van der Waals surface area contributed by atoms with Crippen LogP contribution in [0.3, 0.4) is 0 Å². The highest BCUT2D eigenvalue weighted by molar-refractivity contribution is 6.03. The SMILES string of the molecule is N#Cc1cncc(-c2nc(NCc3ccccn3)c3c(-c4ccccc4)cccc3n2)c1.NCc1cncc(-c2nc(NCc3ccccn3)c3c(-c4ccccc4)cccc3n2)c1. The van der Waals surface area contributed by atoms with Gasteiger partial charge in [-0.1, -0.05) is 97.1 Å². The summed E-state index contributed by atoms with van der Waals surface area (Å²) < 4.78 is 0. The summed E-state index contributed by atoms with van der Waals surface area (Å²) in [6, 6.07) is 50.2. The first kappa shape index (κ1) is 40.6. The predicted molar refractivity (Wildman–Crippen MR) is 252 cm³/mol. The standard InChI is InChI=1S/C26H22N6.C26H18N6/c2*27-14-18-13-20(16-28-15-18)25-31-23-11-6-10-22(19-7-2-1-3-8-19)24(23)26(32-25)30-17-21-9-4-5-12-29-21/h1-13,15-16H,14,17,27H2,(H,30,31,32);1-13,15-16H,17H2,(H,30,31,32). The third kappa shape index (κ3) is 9.25. The number of nitriles is 1. The maximum Gasteiger partial charge on any atom is 0.163 e. The van der Waals surface area contributed by atoms with Gasteiger partial charge in [0.05, 0.1) is 51.8 Å². The third-order valence-electron chi connectivity index (χ3n) is 10.4. The zero-order valence-electron chi connectivity index (χ0n) is 34.5. The van der Waals surface area contributed by atoms with Crippen molar-refractivity contribution in [2.24, 2.45) is 5.73 Å². The lowest BCUT2D eigenvalue weighted by molar-refractivity contribution is 1.03. The molecule has 0 bridgehead atoms. The molecule has 10 rings (SSSR count). The molecule has 0 unspecified atom stereocenters. The first-order chi connectivity index (χ1) is 31.6. The van der Waals surface area contributed by atoms with Crippen molar-refractivity contribution in [1.82, 2.24) is 39.9 Å². The number of rotatable bonds is 11. The quantitative estimate of drug-likeness (QED) is 0.113. The average Bonchev–Trinajstić information content (AvgIpc) is 3.38. The molecule has 12 heteroatoms. The highest BCUT2D eigenvalue weighted by Crippen LogP contribution is 2.36. The van der Waals surface area contributed by atoms with E-state index < -0.39 is 0 Å². The minimum atomic E-state index is 0.414. The van der Waals surface area contributed by atoms with Crippen molar-refractivity contribution in [3.8, 4) is 51.1 Å². The Kier molecular flexibility index (Phi) is 12.2. The molecule has 0 aliphatic heterocycles. The molecule has 64 heavy (non-hydrogen) atoms. The zero-order chi connectivity index (χ0) is 43.5. The fraction of sp³-hybridized carbons (Fsp3) is 0.0577. The van der Waals surface area contributed by atoms with Crippen LogP contribution in [0.4, 0.5) is 11.6 Å². The Morgan fingerprint density at radius 3 is 1.47 bits per heavy atom. The van der Waals surface area contributed by atoms with Crippen molar-refractivity contribution in [3.63, 3.8) is 0 Å². The van der Waals surface area contributed by atoms with Gasteiger partial charge in [0.2, 0.25) is 0 Å². The maximum absolute atomic E-state index is 9.26. The minimum absolute atomic E-state index is 0.414. The number of pyridine rings is 4. The van der Waals surface area contributed by atoms with E-state index in [-0.39, 0.29) is 0 Å². The van der Waals surface area contributed by atoms with Crippen molar-refractivity contribution < 1.29 is 0 Å². The Hall–Kier alpha value is -8.79. The highest BCUT2D eigenvalue weighted by Gasteiger charge is 2.17. The molecule has 4 aromatic carbocycles. The van der Waals surface area contributed by atoms with Gasteiger partial charge in [0.15, 0.2) is 11.6 Å². The largest absolute Gasteiger partial charge is 0.364 e. The number of fused-ring (bicyclic) bond motifs is 2. The maximum atomic E-state index is 9.26. The Labute approximate surface area is 369 Å². The summed E-state index contributed by atoms with van der Waals surface area (Å²) in [4.78, 5) is 36.8. The molecule has 0 spiro atoms.